The molecule has 250 valence electrons. The van der Waals surface area contributed by atoms with Gasteiger partial charge in [0.1, 0.15) is 11.6 Å². The molecule has 6 heterocycles. The van der Waals surface area contributed by atoms with Crippen LogP contribution in [0.15, 0.2) is 91.1 Å². The summed E-state index contributed by atoms with van der Waals surface area (Å²) < 4.78 is 5.56. The Bertz CT molecular complexity index is 2260. The number of hydrogen-bond donors (Lipinski definition) is 2. The van der Waals surface area contributed by atoms with Crippen LogP contribution in [0.5, 0.6) is 0 Å². The molecular formula is C40H36N6O3S. The third-order valence-electron chi connectivity index (χ3n) is 10.3. The van der Waals surface area contributed by atoms with Gasteiger partial charge in [0.05, 0.1) is 27.2 Å². The highest BCUT2D eigenvalue weighted by molar-refractivity contribution is 7.19. The van der Waals surface area contributed by atoms with Crippen LogP contribution in [0, 0.1) is 12.3 Å². The highest BCUT2D eigenvalue weighted by Gasteiger charge is 2.45. The van der Waals surface area contributed by atoms with Crippen LogP contribution < -0.4 is 15.1 Å². The number of rotatable bonds is 5. The zero-order valence-corrected chi connectivity index (χ0v) is 28.6. The Morgan fingerprint density at radius 2 is 1.78 bits per heavy atom. The lowest BCUT2D eigenvalue weighted by atomic mass is 9.73. The van der Waals surface area contributed by atoms with Gasteiger partial charge in [-0.1, -0.05) is 24.3 Å². The zero-order valence-electron chi connectivity index (χ0n) is 27.7. The molecule has 9 rings (SSSR count). The number of benzene rings is 3. The Kier molecular flexibility index (Phi) is 7.51. The van der Waals surface area contributed by atoms with Crippen LogP contribution >= 0.6 is 11.3 Å². The molecule has 1 spiro atoms. The number of fused-ring (bicyclic) bond motifs is 4. The number of carbonyl (C=O) groups excluding carboxylic acids is 2. The van der Waals surface area contributed by atoms with Crippen molar-refractivity contribution in [3.63, 3.8) is 0 Å². The SMILES string of the molecule is Cc1ccc2nc(-c3cc4c(s3)-c3ccccc3N(C(=O)c3ccc(NC(=O)c5cccnc5N5CC6(CCOCC6)C5)cc3)CC4)[nH]c2c1. The van der Waals surface area contributed by atoms with Gasteiger partial charge < -0.3 is 24.8 Å². The fourth-order valence-electron chi connectivity index (χ4n) is 7.57. The number of pyridine rings is 1. The summed E-state index contributed by atoms with van der Waals surface area (Å²) in [7, 11) is 0. The van der Waals surface area contributed by atoms with E-state index in [0.29, 0.717) is 29.2 Å². The van der Waals surface area contributed by atoms with Gasteiger partial charge in [0.25, 0.3) is 11.8 Å². The van der Waals surface area contributed by atoms with Crippen molar-refractivity contribution >= 4 is 51.4 Å². The van der Waals surface area contributed by atoms with Crippen molar-refractivity contribution in [1.82, 2.24) is 15.0 Å². The molecule has 2 amide bonds. The summed E-state index contributed by atoms with van der Waals surface area (Å²) in [6.45, 7) is 6.00. The van der Waals surface area contributed by atoms with Gasteiger partial charge in [0, 0.05) is 66.2 Å². The normalized spacial score (nSPS) is 16.4. The number of hydrogen-bond acceptors (Lipinski definition) is 7. The van der Waals surface area contributed by atoms with E-state index in [2.05, 4.69) is 57.4 Å². The maximum absolute atomic E-state index is 14.1. The lowest BCUT2D eigenvalue weighted by Crippen LogP contribution is -2.59. The van der Waals surface area contributed by atoms with Crippen molar-refractivity contribution in [1.29, 1.82) is 0 Å². The highest BCUT2D eigenvalue weighted by Crippen LogP contribution is 2.45. The Labute approximate surface area is 293 Å². The summed E-state index contributed by atoms with van der Waals surface area (Å²) in [4.78, 5) is 46.8. The van der Waals surface area contributed by atoms with Crippen molar-refractivity contribution in [3.05, 3.63) is 113 Å². The summed E-state index contributed by atoms with van der Waals surface area (Å²) in [5.74, 6) is 1.28. The number of aromatic nitrogens is 3. The van der Waals surface area contributed by atoms with E-state index in [1.165, 1.54) is 11.1 Å². The lowest BCUT2D eigenvalue weighted by molar-refractivity contribution is -0.000509. The number of aromatic amines is 1. The number of thiophene rings is 1. The number of carbonyl (C=O) groups is 2. The summed E-state index contributed by atoms with van der Waals surface area (Å²) in [6, 6.07) is 27.4. The summed E-state index contributed by atoms with van der Waals surface area (Å²) >= 11 is 1.71. The Balaban J connectivity index is 0.920. The molecule has 0 radical (unpaired) electrons. The van der Waals surface area contributed by atoms with E-state index in [1.807, 2.05) is 29.2 Å². The van der Waals surface area contributed by atoms with E-state index in [4.69, 9.17) is 9.72 Å². The molecule has 0 unspecified atom stereocenters. The Morgan fingerprint density at radius 1 is 0.960 bits per heavy atom. The molecule has 0 atom stereocenters. The van der Waals surface area contributed by atoms with Crippen LogP contribution in [0.4, 0.5) is 17.2 Å². The quantitative estimate of drug-likeness (QED) is 0.193. The van der Waals surface area contributed by atoms with Crippen molar-refractivity contribution in [3.8, 4) is 21.1 Å². The van der Waals surface area contributed by atoms with Gasteiger partial charge in [-0.25, -0.2) is 9.97 Å². The maximum Gasteiger partial charge on any atom is 0.259 e. The average Bonchev–Trinajstić information content (AvgIpc) is 3.72. The van der Waals surface area contributed by atoms with Gasteiger partial charge in [-0.2, -0.15) is 0 Å². The van der Waals surface area contributed by atoms with E-state index < -0.39 is 0 Å². The minimum absolute atomic E-state index is 0.0762. The number of aryl methyl sites for hydroxylation is 1. The Morgan fingerprint density at radius 3 is 2.62 bits per heavy atom. The number of para-hydroxylation sites is 1. The molecule has 3 aliphatic rings. The third kappa shape index (κ3) is 5.45. The second kappa shape index (κ2) is 12.2. The predicted octanol–water partition coefficient (Wildman–Crippen LogP) is 7.73. The van der Waals surface area contributed by atoms with E-state index in [9.17, 15) is 9.59 Å². The molecule has 0 bridgehead atoms. The Hall–Kier alpha value is -5.32. The molecule has 2 saturated heterocycles. The van der Waals surface area contributed by atoms with Crippen molar-refractivity contribution < 1.29 is 14.3 Å². The van der Waals surface area contributed by atoms with E-state index in [1.54, 1.807) is 47.9 Å². The first-order chi connectivity index (χ1) is 24.4. The van der Waals surface area contributed by atoms with Gasteiger partial charge in [0.2, 0.25) is 0 Å². The number of imidazole rings is 1. The summed E-state index contributed by atoms with van der Waals surface area (Å²) in [6.07, 6.45) is 4.55. The van der Waals surface area contributed by atoms with Gasteiger partial charge in [-0.15, -0.1) is 11.3 Å². The number of H-pyrrole nitrogens is 1. The van der Waals surface area contributed by atoms with Gasteiger partial charge in [-0.3, -0.25) is 9.59 Å². The molecule has 3 aromatic carbocycles. The smallest absolute Gasteiger partial charge is 0.259 e. The first-order valence-corrected chi connectivity index (χ1v) is 17.9. The van der Waals surface area contributed by atoms with Crippen LogP contribution in [0.3, 0.4) is 0 Å². The minimum atomic E-state index is -0.218. The lowest BCUT2D eigenvalue weighted by Gasteiger charge is -2.53. The number of nitrogens with one attached hydrogen (secondary N) is 2. The standard InChI is InChI=1S/C40H36N6O3S/c1-25-8-13-31-32(21-25)44-36(43-31)34-22-27-14-18-46(33-7-3-2-5-29(33)35(27)50-34)39(48)26-9-11-28(12-10-26)42-38(47)30-6-4-17-41-37(30)45-23-40(24-45)15-19-49-20-16-40/h2-13,17,21-22H,14-16,18-20,23-24H2,1H3,(H,42,47)(H,43,44). The molecule has 6 aromatic rings. The maximum atomic E-state index is 14.1. The van der Waals surface area contributed by atoms with E-state index in [0.717, 1.165) is 83.4 Å². The van der Waals surface area contributed by atoms with Crippen LogP contribution in [-0.2, 0) is 11.2 Å². The van der Waals surface area contributed by atoms with Crippen LogP contribution in [0.25, 0.3) is 32.2 Å². The first kappa shape index (κ1) is 30.7. The second-order valence-electron chi connectivity index (χ2n) is 13.7. The molecule has 2 N–H and O–H groups in total. The fourth-order valence-corrected chi connectivity index (χ4v) is 8.76. The van der Waals surface area contributed by atoms with E-state index in [-0.39, 0.29) is 17.2 Å². The van der Waals surface area contributed by atoms with Crippen molar-refractivity contribution in [2.24, 2.45) is 5.41 Å². The molecule has 9 nitrogen and oxygen atoms in total. The summed E-state index contributed by atoms with van der Waals surface area (Å²) in [5, 5.41) is 3.03. The largest absolute Gasteiger partial charge is 0.381 e. The van der Waals surface area contributed by atoms with Gasteiger partial charge in [-0.05, 0) is 98.0 Å². The van der Waals surface area contributed by atoms with Crippen LogP contribution in [-0.4, -0.2) is 59.6 Å². The zero-order chi connectivity index (χ0) is 33.8. The molecule has 0 aliphatic carbocycles. The van der Waals surface area contributed by atoms with Crippen molar-refractivity contribution in [2.75, 3.05) is 48.0 Å². The molecule has 0 saturated carbocycles. The average molecular weight is 681 g/mol. The molecular weight excluding hydrogens is 645 g/mol. The number of nitrogens with zero attached hydrogens (tertiary/aromatic N) is 4. The predicted molar refractivity (Wildman–Crippen MR) is 198 cm³/mol. The topological polar surface area (TPSA) is 103 Å². The van der Waals surface area contributed by atoms with Gasteiger partial charge >= 0.3 is 0 Å². The highest BCUT2D eigenvalue weighted by atomic mass is 32.1. The first-order valence-electron chi connectivity index (χ1n) is 17.1. The molecule has 2 fully saturated rings. The molecule has 10 heteroatoms. The van der Waals surface area contributed by atoms with Crippen LogP contribution in [0.2, 0.25) is 0 Å². The summed E-state index contributed by atoms with van der Waals surface area (Å²) in [5.41, 5.74) is 8.30. The number of ether oxygens (including phenoxy) is 1. The van der Waals surface area contributed by atoms with E-state index >= 15 is 0 Å². The number of amides is 2. The van der Waals surface area contributed by atoms with Crippen LogP contribution in [0.1, 0.15) is 44.7 Å². The van der Waals surface area contributed by atoms with Crippen molar-refractivity contribution in [2.45, 2.75) is 26.2 Å². The van der Waals surface area contributed by atoms with Gasteiger partial charge in [0.15, 0.2) is 0 Å². The second-order valence-corrected chi connectivity index (χ2v) is 14.7. The number of anilines is 3. The molecule has 3 aliphatic heterocycles. The molecule has 50 heavy (non-hydrogen) atoms. The monoisotopic (exact) mass is 680 g/mol. The third-order valence-corrected chi connectivity index (χ3v) is 11.5. The molecule has 3 aromatic heterocycles. The minimum Gasteiger partial charge on any atom is -0.381 e. The fraction of sp³-hybridized carbons (Fsp3) is 0.250.